The van der Waals surface area contributed by atoms with Gasteiger partial charge in [-0.15, -0.1) is 0 Å². The molecule has 4 aliphatic rings. The van der Waals surface area contributed by atoms with Crippen LogP contribution in [0.15, 0.2) is 121 Å². The van der Waals surface area contributed by atoms with Gasteiger partial charge in [0.2, 0.25) is 0 Å². The third kappa shape index (κ3) is 6.53. The summed E-state index contributed by atoms with van der Waals surface area (Å²) in [6.07, 6.45) is 0. The highest BCUT2D eigenvalue weighted by molar-refractivity contribution is 5.22. The van der Waals surface area contributed by atoms with E-state index in [9.17, 15) is 0 Å². The minimum atomic E-state index is 0.770. The molecule has 2 N–H and O–H groups in total. The molecular formula is C38H44N4. The fourth-order valence-corrected chi connectivity index (χ4v) is 7.66. The Hall–Kier alpha value is -3.28. The van der Waals surface area contributed by atoms with Gasteiger partial charge in [-0.05, 0) is 72.1 Å². The van der Waals surface area contributed by atoms with Crippen molar-refractivity contribution >= 4 is 0 Å². The Bertz CT molecular complexity index is 1170. The van der Waals surface area contributed by atoms with Crippen molar-refractivity contribution in [2.75, 3.05) is 26.2 Å². The number of benzene rings is 4. The molecule has 0 radical (unpaired) electrons. The lowest BCUT2D eigenvalue weighted by Gasteiger charge is -2.25. The van der Waals surface area contributed by atoms with Crippen molar-refractivity contribution < 1.29 is 0 Å². The van der Waals surface area contributed by atoms with Crippen LogP contribution in [0, 0.1) is 23.7 Å². The number of rotatable bonds is 10. The third-order valence-electron chi connectivity index (χ3n) is 9.85. The number of fused-ring (bicyclic) bond motifs is 2. The second-order valence-corrected chi connectivity index (χ2v) is 12.7. The van der Waals surface area contributed by atoms with Crippen LogP contribution >= 0.6 is 0 Å². The number of nitrogens with zero attached hydrogens (tertiary/aromatic N) is 2. The Morgan fingerprint density at radius 3 is 0.857 bits per heavy atom. The molecule has 2 aliphatic carbocycles. The summed E-state index contributed by atoms with van der Waals surface area (Å²) in [5.41, 5.74) is 5.69. The van der Waals surface area contributed by atoms with E-state index in [1.54, 1.807) is 0 Å². The van der Waals surface area contributed by atoms with Crippen molar-refractivity contribution in [2.45, 2.75) is 38.3 Å². The molecule has 2 unspecified atom stereocenters. The van der Waals surface area contributed by atoms with Gasteiger partial charge in [-0.2, -0.15) is 0 Å². The summed E-state index contributed by atoms with van der Waals surface area (Å²) in [6, 6.07) is 45.0. The molecule has 0 amide bonds. The van der Waals surface area contributed by atoms with Gasteiger partial charge in [0.25, 0.3) is 0 Å². The Kier molecular flexibility index (Phi) is 8.48. The van der Waals surface area contributed by atoms with Gasteiger partial charge in [-0.25, -0.2) is 0 Å². The molecule has 0 bridgehead atoms. The van der Waals surface area contributed by atoms with E-state index in [1.165, 1.54) is 48.4 Å². The van der Waals surface area contributed by atoms with E-state index in [4.69, 9.17) is 0 Å². The maximum Gasteiger partial charge on any atom is 0.0240 e. The molecule has 2 heterocycles. The summed E-state index contributed by atoms with van der Waals surface area (Å²) in [6.45, 7) is 9.07. The highest BCUT2D eigenvalue weighted by Gasteiger charge is 2.56. The van der Waals surface area contributed by atoms with Gasteiger partial charge >= 0.3 is 0 Å². The van der Waals surface area contributed by atoms with Crippen molar-refractivity contribution in [3.8, 4) is 0 Å². The van der Waals surface area contributed by atoms with Crippen LogP contribution in [0.3, 0.4) is 0 Å². The van der Waals surface area contributed by atoms with Gasteiger partial charge in [-0.3, -0.25) is 9.80 Å². The van der Waals surface area contributed by atoms with Gasteiger partial charge < -0.3 is 10.6 Å². The van der Waals surface area contributed by atoms with Crippen LogP contribution in [-0.4, -0.2) is 48.1 Å². The van der Waals surface area contributed by atoms with Crippen molar-refractivity contribution in [1.29, 1.82) is 0 Å². The average molecular weight is 557 g/mol. The van der Waals surface area contributed by atoms with Crippen LogP contribution in [0.2, 0.25) is 0 Å². The Morgan fingerprint density at radius 2 is 0.619 bits per heavy atom. The molecular weight excluding hydrogens is 512 g/mol. The predicted octanol–water partition coefficient (Wildman–Crippen LogP) is 5.81. The van der Waals surface area contributed by atoms with Crippen molar-refractivity contribution in [3.05, 3.63) is 144 Å². The Balaban J connectivity index is 0.000000137. The van der Waals surface area contributed by atoms with Crippen LogP contribution < -0.4 is 10.6 Å². The standard InChI is InChI=1S/2C19H22N2/c2*1-3-7-15(8-4-1)13-21(14-16-9-5-2-6-10-16)19-17-11-20-12-18(17)19/h2*1-10,17-20H,11-14H2/t2*17-,18+,19?. The highest BCUT2D eigenvalue weighted by atomic mass is 15.2. The molecule has 4 heteroatoms. The zero-order valence-corrected chi connectivity index (χ0v) is 24.6. The zero-order chi connectivity index (χ0) is 28.1. The molecule has 4 nitrogen and oxygen atoms in total. The van der Waals surface area contributed by atoms with Crippen LogP contribution in [0.25, 0.3) is 0 Å². The fourth-order valence-electron chi connectivity index (χ4n) is 7.66. The van der Waals surface area contributed by atoms with E-state index in [0.29, 0.717) is 0 Å². The van der Waals surface area contributed by atoms with Crippen molar-refractivity contribution in [1.82, 2.24) is 20.4 Å². The van der Waals surface area contributed by atoms with Crippen molar-refractivity contribution in [3.63, 3.8) is 0 Å². The molecule has 4 aromatic carbocycles. The molecule has 6 atom stereocenters. The number of nitrogens with one attached hydrogen (secondary N) is 2. The molecule has 216 valence electrons. The minimum Gasteiger partial charge on any atom is -0.316 e. The summed E-state index contributed by atoms with van der Waals surface area (Å²) in [7, 11) is 0. The summed E-state index contributed by atoms with van der Waals surface area (Å²) < 4.78 is 0. The van der Waals surface area contributed by atoms with Crippen LogP contribution in [0.1, 0.15) is 22.3 Å². The molecule has 4 aromatic rings. The molecule has 2 saturated carbocycles. The molecule has 42 heavy (non-hydrogen) atoms. The first kappa shape index (κ1) is 27.5. The predicted molar refractivity (Wildman–Crippen MR) is 172 cm³/mol. The zero-order valence-electron chi connectivity index (χ0n) is 24.6. The Morgan fingerprint density at radius 1 is 0.381 bits per heavy atom. The van der Waals surface area contributed by atoms with E-state index in [1.807, 2.05) is 0 Å². The van der Waals surface area contributed by atoms with Gasteiger partial charge in [0.1, 0.15) is 0 Å². The molecule has 0 spiro atoms. The minimum absolute atomic E-state index is 0.770. The molecule has 4 fully saturated rings. The quantitative estimate of drug-likeness (QED) is 0.258. The maximum atomic E-state index is 3.51. The smallest absolute Gasteiger partial charge is 0.0240 e. The lowest BCUT2D eigenvalue weighted by Crippen LogP contribution is -2.32. The van der Waals surface area contributed by atoms with E-state index in [0.717, 1.165) is 61.9 Å². The topological polar surface area (TPSA) is 30.5 Å². The summed E-state index contributed by atoms with van der Waals surface area (Å²) in [5.74, 6) is 3.49. The van der Waals surface area contributed by atoms with E-state index in [-0.39, 0.29) is 0 Å². The monoisotopic (exact) mass is 556 g/mol. The third-order valence-corrected chi connectivity index (χ3v) is 9.85. The van der Waals surface area contributed by atoms with Gasteiger partial charge in [0.05, 0.1) is 0 Å². The van der Waals surface area contributed by atoms with Gasteiger partial charge in [0.15, 0.2) is 0 Å². The summed E-state index contributed by atoms with van der Waals surface area (Å²) in [4.78, 5) is 5.36. The normalized spacial score (nSPS) is 26.8. The maximum absolute atomic E-state index is 3.51. The van der Waals surface area contributed by atoms with Crippen molar-refractivity contribution in [2.24, 2.45) is 23.7 Å². The number of hydrogen-bond donors (Lipinski definition) is 2. The first-order valence-corrected chi connectivity index (χ1v) is 15.9. The summed E-state index contributed by atoms with van der Waals surface area (Å²) >= 11 is 0. The van der Waals surface area contributed by atoms with E-state index >= 15 is 0 Å². The lowest BCUT2D eigenvalue weighted by molar-refractivity contribution is 0.219. The molecule has 2 saturated heterocycles. The molecule has 2 aliphatic heterocycles. The Labute approximate surface area is 251 Å². The van der Waals surface area contributed by atoms with Gasteiger partial charge in [-0.1, -0.05) is 121 Å². The largest absolute Gasteiger partial charge is 0.316 e. The highest BCUT2D eigenvalue weighted by Crippen LogP contribution is 2.47. The van der Waals surface area contributed by atoms with E-state index in [2.05, 4.69) is 142 Å². The van der Waals surface area contributed by atoms with E-state index < -0.39 is 0 Å². The second kappa shape index (κ2) is 12.9. The fraction of sp³-hybridized carbons (Fsp3) is 0.368. The first-order valence-electron chi connectivity index (χ1n) is 15.9. The SMILES string of the molecule is c1ccc(CN(Cc2ccccc2)C2[C@H]3CNC[C@@H]23)cc1.c1ccc(CN(Cc2ccccc2)C2[C@H]3CNC[C@@H]23)cc1. The number of hydrogen-bond acceptors (Lipinski definition) is 4. The van der Waals surface area contributed by atoms with Crippen LogP contribution in [0.4, 0.5) is 0 Å². The molecule has 8 rings (SSSR count). The summed E-state index contributed by atoms with van der Waals surface area (Å²) in [5, 5.41) is 7.02. The van der Waals surface area contributed by atoms with Gasteiger partial charge in [0, 0.05) is 38.3 Å². The second-order valence-electron chi connectivity index (χ2n) is 12.7. The lowest BCUT2D eigenvalue weighted by atomic mass is 10.1. The first-order chi connectivity index (χ1) is 20.8. The molecule has 0 aromatic heterocycles. The average Bonchev–Trinajstić information content (AvgIpc) is 3.74. The van der Waals surface area contributed by atoms with Crippen LogP contribution in [0.5, 0.6) is 0 Å². The number of piperidine rings is 2. The van der Waals surface area contributed by atoms with Crippen LogP contribution in [-0.2, 0) is 26.2 Å².